The lowest BCUT2D eigenvalue weighted by molar-refractivity contribution is 0.125. The van der Waals surface area contributed by atoms with Gasteiger partial charge in [-0.1, -0.05) is 55.3 Å². The van der Waals surface area contributed by atoms with Crippen molar-refractivity contribution in [2.45, 2.75) is 53.4 Å². The average Bonchev–Trinajstić information content (AvgIpc) is 3.54. The Bertz CT molecular complexity index is 1530. The Balaban J connectivity index is 1.56. The van der Waals surface area contributed by atoms with Gasteiger partial charge in [0.2, 0.25) is 0 Å². The number of fused-ring (bicyclic) bond motifs is 1. The third kappa shape index (κ3) is 5.54. The summed E-state index contributed by atoms with van der Waals surface area (Å²) in [6, 6.07) is 20.2. The molecule has 0 unspecified atom stereocenters. The lowest BCUT2D eigenvalue weighted by Gasteiger charge is -2.33. The first-order valence-electron chi connectivity index (χ1n) is 12.6. The van der Waals surface area contributed by atoms with Crippen LogP contribution in [0.3, 0.4) is 0 Å². The largest absolute Gasteiger partial charge is 0.467 e. The number of hydrogen-bond donors (Lipinski definition) is 1. The molecule has 5 aromatic rings. The number of aromatic amines is 1. The molecule has 0 radical (unpaired) electrons. The lowest BCUT2D eigenvalue weighted by atomic mass is 9.99. The van der Waals surface area contributed by atoms with Crippen molar-refractivity contribution >= 4 is 10.9 Å². The molecule has 0 fully saturated rings. The summed E-state index contributed by atoms with van der Waals surface area (Å²) >= 11 is 0. The van der Waals surface area contributed by atoms with Crippen molar-refractivity contribution in [1.82, 2.24) is 30.1 Å². The molecular formula is C29H32N6O2. The monoisotopic (exact) mass is 496 g/mol. The predicted molar refractivity (Wildman–Crippen MR) is 143 cm³/mol. The highest BCUT2D eigenvalue weighted by Gasteiger charge is 2.30. The molecule has 1 atom stereocenters. The van der Waals surface area contributed by atoms with Crippen LogP contribution in [0, 0.1) is 19.8 Å². The van der Waals surface area contributed by atoms with E-state index in [1.165, 1.54) is 5.56 Å². The average molecular weight is 497 g/mol. The highest BCUT2D eigenvalue weighted by atomic mass is 16.3. The number of pyridine rings is 1. The van der Waals surface area contributed by atoms with Gasteiger partial charge in [0.25, 0.3) is 5.56 Å². The summed E-state index contributed by atoms with van der Waals surface area (Å²) in [5.41, 5.74) is 4.99. The summed E-state index contributed by atoms with van der Waals surface area (Å²) in [4.78, 5) is 18.5. The number of nitrogens with one attached hydrogen (secondary N) is 1. The van der Waals surface area contributed by atoms with Crippen LogP contribution in [0.4, 0.5) is 0 Å². The molecule has 3 heterocycles. The Labute approximate surface area is 215 Å². The second kappa shape index (κ2) is 10.5. The third-order valence-corrected chi connectivity index (χ3v) is 6.69. The van der Waals surface area contributed by atoms with E-state index in [9.17, 15) is 4.79 Å². The molecule has 0 bridgehead atoms. The summed E-state index contributed by atoms with van der Waals surface area (Å²) in [5.74, 6) is 1.70. The van der Waals surface area contributed by atoms with Gasteiger partial charge < -0.3 is 9.40 Å². The molecule has 0 spiro atoms. The van der Waals surface area contributed by atoms with E-state index in [0.717, 1.165) is 33.6 Å². The predicted octanol–water partition coefficient (Wildman–Crippen LogP) is 5.17. The van der Waals surface area contributed by atoms with E-state index in [1.807, 2.05) is 30.3 Å². The van der Waals surface area contributed by atoms with Crippen molar-refractivity contribution in [1.29, 1.82) is 0 Å². The molecule has 0 aliphatic heterocycles. The smallest absolute Gasteiger partial charge is 0.252 e. The second-order valence-corrected chi connectivity index (χ2v) is 10.1. The standard InChI is InChI=1S/C29H32N6O2/c1-19(2)27(28-31-32-33-35(28)18-25-6-5-13-37-25)34(16-22-10-7-20(3)8-11-22)17-24-15-23-14-21(4)9-12-26(23)30-29(24)36/h5-15,19,27H,16-18H2,1-4H3,(H,30,36)/t27-/m1/s1. The molecular weight excluding hydrogens is 464 g/mol. The normalized spacial score (nSPS) is 12.6. The van der Waals surface area contributed by atoms with E-state index in [2.05, 4.69) is 83.4 Å². The highest BCUT2D eigenvalue weighted by Crippen LogP contribution is 2.30. The fourth-order valence-electron chi connectivity index (χ4n) is 4.86. The van der Waals surface area contributed by atoms with Crippen LogP contribution < -0.4 is 5.56 Å². The number of tetrazole rings is 1. The minimum atomic E-state index is -0.140. The van der Waals surface area contributed by atoms with Gasteiger partial charge >= 0.3 is 0 Å². The Hall–Kier alpha value is -4.04. The van der Waals surface area contributed by atoms with E-state index in [0.29, 0.717) is 25.2 Å². The number of aromatic nitrogens is 5. The molecule has 8 heteroatoms. The van der Waals surface area contributed by atoms with Crippen molar-refractivity contribution in [3.05, 3.63) is 111 Å². The molecule has 0 amide bonds. The minimum Gasteiger partial charge on any atom is -0.467 e. The first-order valence-corrected chi connectivity index (χ1v) is 12.6. The molecule has 0 saturated carbocycles. The number of nitrogens with zero attached hydrogens (tertiary/aromatic N) is 5. The van der Waals surface area contributed by atoms with E-state index >= 15 is 0 Å². The molecule has 5 rings (SSSR count). The van der Waals surface area contributed by atoms with Crippen LogP contribution in [0.25, 0.3) is 10.9 Å². The zero-order valence-corrected chi connectivity index (χ0v) is 21.7. The summed E-state index contributed by atoms with van der Waals surface area (Å²) in [7, 11) is 0. The zero-order chi connectivity index (χ0) is 25.9. The maximum atomic E-state index is 13.2. The van der Waals surface area contributed by atoms with Crippen molar-refractivity contribution < 1.29 is 4.42 Å². The fourth-order valence-corrected chi connectivity index (χ4v) is 4.86. The topological polar surface area (TPSA) is 92.8 Å². The van der Waals surface area contributed by atoms with Crippen LogP contribution in [-0.4, -0.2) is 30.1 Å². The van der Waals surface area contributed by atoms with Gasteiger partial charge in [-0.2, -0.15) is 0 Å². The molecule has 0 aliphatic rings. The molecule has 190 valence electrons. The van der Waals surface area contributed by atoms with Gasteiger partial charge in [0, 0.05) is 24.2 Å². The molecule has 0 aliphatic carbocycles. The summed E-state index contributed by atoms with van der Waals surface area (Å²) in [5, 5.41) is 13.8. The number of benzene rings is 2. The molecule has 0 saturated heterocycles. The van der Waals surface area contributed by atoms with Crippen LogP contribution in [-0.2, 0) is 19.6 Å². The van der Waals surface area contributed by atoms with Crippen LogP contribution in [0.5, 0.6) is 0 Å². The maximum Gasteiger partial charge on any atom is 0.252 e. The quantitative estimate of drug-likeness (QED) is 0.303. The van der Waals surface area contributed by atoms with E-state index in [4.69, 9.17) is 4.42 Å². The van der Waals surface area contributed by atoms with Gasteiger partial charge in [0.1, 0.15) is 12.3 Å². The van der Waals surface area contributed by atoms with Gasteiger partial charge in [0.15, 0.2) is 5.82 Å². The SMILES string of the molecule is Cc1ccc(CN(Cc2cc3cc(C)ccc3[nH]c2=O)[C@@H](c2nnnn2Cc2ccco2)C(C)C)cc1. The van der Waals surface area contributed by atoms with E-state index in [-0.39, 0.29) is 17.5 Å². The summed E-state index contributed by atoms with van der Waals surface area (Å²) in [6.45, 7) is 9.98. The van der Waals surface area contributed by atoms with Crippen molar-refractivity contribution in [3.8, 4) is 0 Å². The van der Waals surface area contributed by atoms with Crippen molar-refractivity contribution in [2.75, 3.05) is 0 Å². The molecule has 8 nitrogen and oxygen atoms in total. The number of furan rings is 1. The van der Waals surface area contributed by atoms with Crippen LogP contribution in [0.2, 0.25) is 0 Å². The van der Waals surface area contributed by atoms with E-state index < -0.39 is 0 Å². The molecule has 1 N–H and O–H groups in total. The van der Waals surface area contributed by atoms with Gasteiger partial charge in [-0.05, 0) is 71.5 Å². The number of hydrogen-bond acceptors (Lipinski definition) is 6. The number of aryl methyl sites for hydroxylation is 2. The maximum absolute atomic E-state index is 13.2. The second-order valence-electron chi connectivity index (χ2n) is 10.1. The Morgan fingerprint density at radius 2 is 1.78 bits per heavy atom. The van der Waals surface area contributed by atoms with Crippen LogP contribution in [0.1, 0.15) is 53.7 Å². The highest BCUT2D eigenvalue weighted by molar-refractivity contribution is 5.79. The van der Waals surface area contributed by atoms with Gasteiger partial charge in [0.05, 0.1) is 12.3 Å². The van der Waals surface area contributed by atoms with Gasteiger partial charge in [-0.15, -0.1) is 5.10 Å². The lowest BCUT2D eigenvalue weighted by Crippen LogP contribution is -2.35. The van der Waals surface area contributed by atoms with Crippen LogP contribution >= 0.6 is 0 Å². The molecule has 37 heavy (non-hydrogen) atoms. The molecule has 2 aromatic carbocycles. The summed E-state index contributed by atoms with van der Waals surface area (Å²) in [6.07, 6.45) is 1.65. The van der Waals surface area contributed by atoms with Crippen molar-refractivity contribution in [3.63, 3.8) is 0 Å². The third-order valence-electron chi connectivity index (χ3n) is 6.69. The first kappa shape index (κ1) is 24.6. The number of H-pyrrole nitrogens is 1. The van der Waals surface area contributed by atoms with Gasteiger partial charge in [-0.3, -0.25) is 9.69 Å². The Morgan fingerprint density at radius 3 is 2.51 bits per heavy atom. The Morgan fingerprint density at radius 1 is 1.00 bits per heavy atom. The molecule has 3 aromatic heterocycles. The Kier molecular flexibility index (Phi) is 7.01. The van der Waals surface area contributed by atoms with Gasteiger partial charge in [-0.25, -0.2) is 4.68 Å². The van der Waals surface area contributed by atoms with E-state index in [1.54, 1.807) is 10.9 Å². The van der Waals surface area contributed by atoms with Crippen molar-refractivity contribution in [2.24, 2.45) is 5.92 Å². The summed E-state index contributed by atoms with van der Waals surface area (Å²) < 4.78 is 7.35. The zero-order valence-electron chi connectivity index (χ0n) is 21.7. The fraction of sp³-hybridized carbons (Fsp3) is 0.310. The minimum absolute atomic E-state index is 0.0806. The van der Waals surface area contributed by atoms with Crippen LogP contribution in [0.15, 0.2) is 76.1 Å². The first-order chi connectivity index (χ1) is 17.9. The number of rotatable bonds is 9.